The standard InChI is InChI=1S/C11H15NOS2/c1-7-3-8(2)12(5-7)11(13)10-4-9(14)6-15-10/h4,6-8,14H,3,5H2,1-2H3. The van der Waals surface area contributed by atoms with Gasteiger partial charge in [-0.2, -0.15) is 0 Å². The lowest BCUT2D eigenvalue weighted by Gasteiger charge is -2.20. The Bertz CT molecular complexity index is 374. The molecular weight excluding hydrogens is 226 g/mol. The molecule has 2 heterocycles. The lowest BCUT2D eigenvalue weighted by atomic mass is 10.1. The van der Waals surface area contributed by atoms with Gasteiger partial charge < -0.3 is 4.90 Å². The van der Waals surface area contributed by atoms with Crippen LogP contribution in [0, 0.1) is 5.92 Å². The van der Waals surface area contributed by atoms with Crippen LogP contribution in [0.15, 0.2) is 16.3 Å². The van der Waals surface area contributed by atoms with Crippen molar-refractivity contribution in [2.24, 2.45) is 5.92 Å². The van der Waals surface area contributed by atoms with Gasteiger partial charge in [0.2, 0.25) is 0 Å². The Balaban J connectivity index is 2.15. The van der Waals surface area contributed by atoms with E-state index >= 15 is 0 Å². The summed E-state index contributed by atoms with van der Waals surface area (Å²) in [7, 11) is 0. The van der Waals surface area contributed by atoms with E-state index in [0.717, 1.165) is 22.7 Å². The highest BCUT2D eigenvalue weighted by Gasteiger charge is 2.30. The third-order valence-electron chi connectivity index (χ3n) is 2.84. The molecule has 1 aliphatic heterocycles. The lowest BCUT2D eigenvalue weighted by Crippen LogP contribution is -2.33. The van der Waals surface area contributed by atoms with Crippen LogP contribution in [0.2, 0.25) is 0 Å². The molecule has 0 spiro atoms. The molecule has 4 heteroatoms. The number of likely N-dealkylation sites (tertiary alicyclic amines) is 1. The molecule has 1 amide bonds. The predicted octanol–water partition coefficient (Wildman–Crippen LogP) is 2.91. The summed E-state index contributed by atoms with van der Waals surface area (Å²) < 4.78 is 0. The fourth-order valence-electron chi connectivity index (χ4n) is 2.16. The minimum absolute atomic E-state index is 0.164. The van der Waals surface area contributed by atoms with Crippen molar-refractivity contribution in [3.05, 3.63) is 16.3 Å². The minimum Gasteiger partial charge on any atom is -0.335 e. The Labute approximate surface area is 99.7 Å². The molecule has 0 radical (unpaired) electrons. The van der Waals surface area contributed by atoms with E-state index in [1.165, 1.54) is 11.3 Å². The molecule has 1 aromatic heterocycles. The molecular formula is C11H15NOS2. The van der Waals surface area contributed by atoms with Gasteiger partial charge in [0.05, 0.1) is 4.88 Å². The maximum Gasteiger partial charge on any atom is 0.264 e. The van der Waals surface area contributed by atoms with Crippen molar-refractivity contribution in [2.75, 3.05) is 6.54 Å². The van der Waals surface area contributed by atoms with E-state index < -0.39 is 0 Å². The van der Waals surface area contributed by atoms with Gasteiger partial charge in [0.1, 0.15) is 0 Å². The Kier molecular flexibility index (Phi) is 3.07. The zero-order valence-electron chi connectivity index (χ0n) is 8.93. The van der Waals surface area contributed by atoms with Crippen LogP contribution < -0.4 is 0 Å². The SMILES string of the molecule is CC1CC(C)N(C(=O)c2cc(S)cs2)C1. The number of rotatable bonds is 1. The summed E-state index contributed by atoms with van der Waals surface area (Å²) in [6.07, 6.45) is 1.12. The first-order valence-electron chi connectivity index (χ1n) is 5.16. The Morgan fingerprint density at radius 1 is 1.60 bits per heavy atom. The first-order valence-corrected chi connectivity index (χ1v) is 6.49. The van der Waals surface area contributed by atoms with Crippen LogP contribution in [-0.2, 0) is 0 Å². The van der Waals surface area contributed by atoms with E-state index in [4.69, 9.17) is 0 Å². The number of hydrogen-bond donors (Lipinski definition) is 1. The first-order chi connectivity index (χ1) is 7.08. The van der Waals surface area contributed by atoms with Crippen LogP contribution >= 0.6 is 24.0 Å². The second kappa shape index (κ2) is 4.18. The van der Waals surface area contributed by atoms with Crippen molar-refractivity contribution in [3.63, 3.8) is 0 Å². The van der Waals surface area contributed by atoms with Crippen LogP contribution in [0.3, 0.4) is 0 Å². The molecule has 82 valence electrons. The number of thiol groups is 1. The van der Waals surface area contributed by atoms with Gasteiger partial charge in [0.25, 0.3) is 5.91 Å². The second-order valence-corrected chi connectivity index (χ2v) is 5.74. The van der Waals surface area contributed by atoms with Gasteiger partial charge in [0.15, 0.2) is 0 Å². The average Bonchev–Trinajstić information content (AvgIpc) is 2.71. The van der Waals surface area contributed by atoms with Crippen LogP contribution in [0.25, 0.3) is 0 Å². The topological polar surface area (TPSA) is 20.3 Å². The monoisotopic (exact) mass is 241 g/mol. The fourth-order valence-corrected chi connectivity index (χ4v) is 3.27. The molecule has 0 N–H and O–H groups in total. The van der Waals surface area contributed by atoms with E-state index in [9.17, 15) is 4.79 Å². The fraction of sp³-hybridized carbons (Fsp3) is 0.545. The maximum atomic E-state index is 12.1. The summed E-state index contributed by atoms with van der Waals surface area (Å²) in [4.78, 5) is 15.8. The van der Waals surface area contributed by atoms with Gasteiger partial charge in [0, 0.05) is 22.9 Å². The third-order valence-corrected chi connectivity index (χ3v) is 4.19. The summed E-state index contributed by atoms with van der Waals surface area (Å²) in [5.41, 5.74) is 0. The van der Waals surface area contributed by atoms with Crippen LogP contribution in [0.5, 0.6) is 0 Å². The van der Waals surface area contributed by atoms with Crippen LogP contribution in [-0.4, -0.2) is 23.4 Å². The molecule has 2 unspecified atom stereocenters. The maximum absolute atomic E-state index is 12.1. The van der Waals surface area contributed by atoms with Crippen molar-refractivity contribution >= 4 is 29.9 Å². The summed E-state index contributed by atoms with van der Waals surface area (Å²) in [6, 6.07) is 2.23. The third kappa shape index (κ3) is 2.21. The van der Waals surface area contributed by atoms with E-state index in [1.54, 1.807) is 0 Å². The quantitative estimate of drug-likeness (QED) is 0.750. The van der Waals surface area contributed by atoms with Gasteiger partial charge in [-0.25, -0.2) is 0 Å². The number of carbonyl (C=O) groups is 1. The minimum atomic E-state index is 0.164. The predicted molar refractivity (Wildman–Crippen MR) is 65.9 cm³/mol. The molecule has 0 aromatic carbocycles. The van der Waals surface area contributed by atoms with Crippen molar-refractivity contribution in [1.82, 2.24) is 4.90 Å². The van der Waals surface area contributed by atoms with Crippen LogP contribution in [0.4, 0.5) is 0 Å². The highest BCUT2D eigenvalue weighted by Crippen LogP contribution is 2.27. The number of nitrogens with zero attached hydrogens (tertiary/aromatic N) is 1. The number of thiophene rings is 1. The highest BCUT2D eigenvalue weighted by atomic mass is 32.1. The highest BCUT2D eigenvalue weighted by molar-refractivity contribution is 7.80. The van der Waals surface area contributed by atoms with Crippen LogP contribution in [0.1, 0.15) is 29.9 Å². The Hall–Kier alpha value is -0.480. The zero-order valence-corrected chi connectivity index (χ0v) is 10.6. The molecule has 0 aliphatic carbocycles. The van der Waals surface area contributed by atoms with Gasteiger partial charge in [-0.05, 0) is 25.3 Å². The van der Waals surface area contributed by atoms with Gasteiger partial charge in [-0.3, -0.25) is 4.79 Å². The number of hydrogen-bond acceptors (Lipinski definition) is 3. The van der Waals surface area contributed by atoms with Gasteiger partial charge in [-0.15, -0.1) is 24.0 Å². The first kappa shape index (κ1) is 11.0. The molecule has 0 saturated carbocycles. The summed E-state index contributed by atoms with van der Waals surface area (Å²) in [5.74, 6) is 0.788. The molecule has 0 bridgehead atoms. The molecule has 2 atom stereocenters. The van der Waals surface area contributed by atoms with Crippen molar-refractivity contribution < 1.29 is 4.79 Å². The molecule has 15 heavy (non-hydrogen) atoms. The molecule has 2 nitrogen and oxygen atoms in total. The van der Waals surface area contributed by atoms with E-state index in [1.807, 2.05) is 16.3 Å². The summed E-state index contributed by atoms with van der Waals surface area (Å²) in [6.45, 7) is 5.21. The molecule has 1 aromatic rings. The normalized spacial score (nSPS) is 25.9. The average molecular weight is 241 g/mol. The summed E-state index contributed by atoms with van der Waals surface area (Å²) in [5, 5.41) is 1.90. The van der Waals surface area contributed by atoms with E-state index in [-0.39, 0.29) is 5.91 Å². The Morgan fingerprint density at radius 3 is 2.80 bits per heavy atom. The van der Waals surface area contributed by atoms with Crippen molar-refractivity contribution in [3.8, 4) is 0 Å². The van der Waals surface area contributed by atoms with E-state index in [2.05, 4.69) is 26.5 Å². The Morgan fingerprint density at radius 2 is 2.33 bits per heavy atom. The largest absolute Gasteiger partial charge is 0.335 e. The molecule has 2 rings (SSSR count). The molecule has 1 aliphatic rings. The van der Waals surface area contributed by atoms with Gasteiger partial charge in [-0.1, -0.05) is 6.92 Å². The molecule has 1 fully saturated rings. The number of carbonyl (C=O) groups excluding carboxylic acids is 1. The summed E-state index contributed by atoms with van der Waals surface area (Å²) >= 11 is 5.70. The lowest BCUT2D eigenvalue weighted by molar-refractivity contribution is 0.0748. The second-order valence-electron chi connectivity index (χ2n) is 4.32. The number of amides is 1. The van der Waals surface area contributed by atoms with Crippen molar-refractivity contribution in [2.45, 2.75) is 31.2 Å². The van der Waals surface area contributed by atoms with E-state index in [0.29, 0.717) is 12.0 Å². The van der Waals surface area contributed by atoms with Gasteiger partial charge >= 0.3 is 0 Å². The zero-order chi connectivity index (χ0) is 11.0. The molecule has 1 saturated heterocycles. The van der Waals surface area contributed by atoms with Crippen molar-refractivity contribution in [1.29, 1.82) is 0 Å². The smallest absolute Gasteiger partial charge is 0.264 e.